The number of ether oxygens (including phenoxy) is 1. The molecule has 0 bridgehead atoms. The molecule has 1 amide bonds. The van der Waals surface area contributed by atoms with Gasteiger partial charge in [0.1, 0.15) is 5.75 Å². The number of carbonyl (C=O) groups is 1. The summed E-state index contributed by atoms with van der Waals surface area (Å²) in [5, 5.41) is 4.50. The van der Waals surface area contributed by atoms with E-state index in [9.17, 15) is 18.0 Å². The summed E-state index contributed by atoms with van der Waals surface area (Å²) in [6.45, 7) is 0.330. The fraction of sp³-hybridized carbons (Fsp3) is 0.304. The second kappa shape index (κ2) is 7.14. The zero-order valence-corrected chi connectivity index (χ0v) is 16.7. The Morgan fingerprint density at radius 1 is 1.10 bits per heavy atom. The van der Waals surface area contributed by atoms with E-state index in [1.54, 1.807) is 17.9 Å². The minimum absolute atomic E-state index is 0.142. The minimum atomic E-state index is -4.27. The number of hydrogen-bond donors (Lipinski definition) is 0. The molecule has 3 atom stereocenters. The maximum Gasteiger partial charge on any atom is 0.394 e. The highest BCUT2D eigenvalue weighted by molar-refractivity contribution is 5.94. The molecule has 2 fully saturated rings. The number of carbonyl (C=O) groups excluding carboxylic acids is 1. The van der Waals surface area contributed by atoms with Gasteiger partial charge in [0, 0.05) is 18.2 Å². The number of amides is 1. The average Bonchev–Trinajstić information content (AvgIpc) is 3.13. The first-order chi connectivity index (χ1) is 14.9. The van der Waals surface area contributed by atoms with Gasteiger partial charge in [-0.15, -0.1) is 0 Å². The van der Waals surface area contributed by atoms with Crippen molar-refractivity contribution in [2.24, 2.45) is 11.8 Å². The lowest BCUT2D eigenvalue weighted by molar-refractivity contribution is -0.156. The minimum Gasteiger partial charge on any atom is -0.497 e. The molecule has 5 nitrogen and oxygen atoms in total. The van der Waals surface area contributed by atoms with Crippen LogP contribution in [0.25, 0.3) is 16.9 Å². The summed E-state index contributed by atoms with van der Waals surface area (Å²) in [6, 6.07) is 17.5. The summed E-state index contributed by atoms with van der Waals surface area (Å²) in [5.74, 6) is -1.66. The van der Waals surface area contributed by atoms with Gasteiger partial charge in [0.25, 0.3) is 5.91 Å². The molecular weight excluding hydrogens is 407 g/mol. The fourth-order valence-corrected chi connectivity index (χ4v) is 4.61. The lowest BCUT2D eigenvalue weighted by atomic mass is 10.1. The van der Waals surface area contributed by atoms with E-state index < -0.39 is 30.0 Å². The van der Waals surface area contributed by atoms with Gasteiger partial charge in [-0.1, -0.05) is 18.2 Å². The van der Waals surface area contributed by atoms with Crippen LogP contribution in [0.15, 0.2) is 60.7 Å². The smallest absolute Gasteiger partial charge is 0.394 e. The Bertz CT molecular complexity index is 1110. The molecule has 2 aromatic carbocycles. The molecule has 1 aromatic heterocycles. The predicted molar refractivity (Wildman–Crippen MR) is 108 cm³/mol. The van der Waals surface area contributed by atoms with E-state index in [1.165, 1.54) is 4.90 Å². The molecule has 2 aliphatic rings. The molecule has 3 unspecified atom stereocenters. The van der Waals surface area contributed by atoms with Crippen molar-refractivity contribution in [3.8, 4) is 22.7 Å². The molecule has 160 valence electrons. The number of methoxy groups -OCH3 is 1. The van der Waals surface area contributed by atoms with Gasteiger partial charge in [-0.3, -0.25) is 4.79 Å². The van der Waals surface area contributed by atoms with Crippen LogP contribution in [0.4, 0.5) is 13.2 Å². The van der Waals surface area contributed by atoms with E-state index in [0.29, 0.717) is 24.4 Å². The fourth-order valence-electron chi connectivity index (χ4n) is 4.61. The second-order valence-electron chi connectivity index (χ2n) is 7.90. The lowest BCUT2D eigenvalue weighted by Crippen LogP contribution is -2.35. The molecular formula is C23H20F3N3O2. The van der Waals surface area contributed by atoms with Crippen LogP contribution in [0, 0.1) is 11.8 Å². The van der Waals surface area contributed by atoms with E-state index in [4.69, 9.17) is 4.74 Å². The SMILES string of the molecule is COc1ccc(-c2cc(C(=O)N3CCC4C3C4C(F)(F)F)nn2-c2ccccc2)cc1. The van der Waals surface area contributed by atoms with Gasteiger partial charge >= 0.3 is 6.18 Å². The molecule has 0 spiro atoms. The standard InChI is InChI=1S/C23H20F3N3O2/c1-31-16-9-7-14(8-10-16)19-13-18(27-29(19)15-5-3-2-4-6-15)22(30)28-12-11-17-20(21(17)28)23(24,25)26/h2-10,13,17,20-21H,11-12H2,1H3. The number of halogens is 3. The van der Waals surface area contributed by atoms with Crippen LogP contribution in [-0.2, 0) is 0 Å². The average molecular weight is 427 g/mol. The number of rotatable bonds is 4. The highest BCUT2D eigenvalue weighted by Crippen LogP contribution is 2.58. The maximum absolute atomic E-state index is 13.2. The zero-order valence-electron chi connectivity index (χ0n) is 16.7. The highest BCUT2D eigenvalue weighted by Gasteiger charge is 2.69. The van der Waals surface area contributed by atoms with E-state index in [0.717, 1.165) is 11.3 Å². The third-order valence-electron chi connectivity index (χ3n) is 6.14. The number of benzene rings is 2. The van der Waals surface area contributed by atoms with Crippen molar-refractivity contribution in [2.75, 3.05) is 13.7 Å². The molecule has 1 aliphatic heterocycles. The van der Waals surface area contributed by atoms with E-state index in [-0.39, 0.29) is 5.69 Å². The van der Waals surface area contributed by atoms with Gasteiger partial charge in [0.2, 0.25) is 0 Å². The van der Waals surface area contributed by atoms with Crippen LogP contribution >= 0.6 is 0 Å². The number of hydrogen-bond acceptors (Lipinski definition) is 3. The van der Waals surface area contributed by atoms with Crippen LogP contribution in [-0.4, -0.2) is 46.5 Å². The summed E-state index contributed by atoms with van der Waals surface area (Å²) in [4.78, 5) is 14.5. The van der Waals surface area contributed by atoms with Crippen molar-refractivity contribution in [3.05, 3.63) is 66.4 Å². The molecule has 3 aromatic rings. The van der Waals surface area contributed by atoms with Crippen molar-refractivity contribution in [3.63, 3.8) is 0 Å². The van der Waals surface area contributed by atoms with Gasteiger partial charge in [0.05, 0.1) is 24.4 Å². The van der Waals surface area contributed by atoms with Gasteiger partial charge in [0.15, 0.2) is 5.69 Å². The van der Waals surface area contributed by atoms with Crippen LogP contribution in [0.5, 0.6) is 5.75 Å². The number of alkyl halides is 3. The first-order valence-corrected chi connectivity index (χ1v) is 10.1. The van der Waals surface area contributed by atoms with Gasteiger partial charge < -0.3 is 9.64 Å². The Balaban J connectivity index is 1.51. The van der Waals surface area contributed by atoms with E-state index >= 15 is 0 Å². The predicted octanol–water partition coefficient (Wildman–Crippen LogP) is 4.57. The third-order valence-corrected chi connectivity index (χ3v) is 6.14. The van der Waals surface area contributed by atoms with E-state index in [2.05, 4.69) is 5.10 Å². The monoisotopic (exact) mass is 427 g/mol. The van der Waals surface area contributed by atoms with Crippen LogP contribution in [0.1, 0.15) is 16.9 Å². The number of likely N-dealkylation sites (tertiary alicyclic amines) is 1. The van der Waals surface area contributed by atoms with Crippen LogP contribution in [0.2, 0.25) is 0 Å². The Kier molecular flexibility index (Phi) is 4.53. The first kappa shape index (κ1) is 19.7. The second-order valence-corrected chi connectivity index (χ2v) is 7.90. The van der Waals surface area contributed by atoms with Gasteiger partial charge in [-0.05, 0) is 54.8 Å². The largest absolute Gasteiger partial charge is 0.497 e. The maximum atomic E-state index is 13.2. The quantitative estimate of drug-likeness (QED) is 0.613. The van der Waals surface area contributed by atoms with Crippen molar-refractivity contribution >= 4 is 5.91 Å². The lowest BCUT2D eigenvalue weighted by Gasteiger charge is -2.20. The topological polar surface area (TPSA) is 47.4 Å². The van der Waals surface area contributed by atoms with Gasteiger partial charge in [-0.25, -0.2) is 4.68 Å². The molecule has 1 aliphatic carbocycles. The van der Waals surface area contributed by atoms with Gasteiger partial charge in [-0.2, -0.15) is 18.3 Å². The van der Waals surface area contributed by atoms with E-state index in [1.807, 2.05) is 54.6 Å². The summed E-state index contributed by atoms with van der Waals surface area (Å²) < 4.78 is 46.5. The zero-order chi connectivity index (χ0) is 21.8. The summed E-state index contributed by atoms with van der Waals surface area (Å²) >= 11 is 0. The first-order valence-electron chi connectivity index (χ1n) is 10.1. The Morgan fingerprint density at radius 3 is 2.42 bits per heavy atom. The summed E-state index contributed by atoms with van der Waals surface area (Å²) in [5.41, 5.74) is 2.39. The molecule has 8 heteroatoms. The Labute approximate surface area is 177 Å². The number of nitrogens with zero attached hydrogens (tertiary/aromatic N) is 3. The van der Waals surface area contributed by atoms with Crippen LogP contribution < -0.4 is 4.74 Å². The molecule has 5 rings (SSSR count). The Morgan fingerprint density at radius 2 is 1.81 bits per heavy atom. The summed E-state index contributed by atoms with van der Waals surface area (Å²) in [7, 11) is 1.58. The third kappa shape index (κ3) is 3.36. The normalized spacial score (nSPS) is 22.3. The van der Waals surface area contributed by atoms with Crippen LogP contribution in [0.3, 0.4) is 0 Å². The molecule has 0 N–H and O–H groups in total. The number of aromatic nitrogens is 2. The molecule has 31 heavy (non-hydrogen) atoms. The number of para-hydroxylation sites is 1. The molecule has 1 saturated heterocycles. The van der Waals surface area contributed by atoms with Crippen molar-refractivity contribution in [2.45, 2.75) is 18.6 Å². The Hall–Kier alpha value is -3.29. The molecule has 0 radical (unpaired) electrons. The summed E-state index contributed by atoms with van der Waals surface area (Å²) in [6.07, 6.45) is -3.89. The number of fused-ring (bicyclic) bond motifs is 1. The molecule has 1 saturated carbocycles. The van der Waals surface area contributed by atoms with Crippen molar-refractivity contribution in [1.29, 1.82) is 0 Å². The van der Waals surface area contributed by atoms with Crippen molar-refractivity contribution in [1.82, 2.24) is 14.7 Å². The van der Waals surface area contributed by atoms with Crippen molar-refractivity contribution < 1.29 is 22.7 Å². The highest BCUT2D eigenvalue weighted by atomic mass is 19.4. The number of piperidine rings is 1. The molecule has 2 heterocycles.